The van der Waals surface area contributed by atoms with Crippen LogP contribution in [0.5, 0.6) is 0 Å². The molecule has 1 aliphatic rings. The van der Waals surface area contributed by atoms with E-state index in [1.165, 1.54) is 18.5 Å². The third-order valence-corrected chi connectivity index (χ3v) is 5.41. The SMILES string of the molecule is CCC(CC)n1ccc(CC2(CBr)CCCOC2)n1. The van der Waals surface area contributed by atoms with Gasteiger partial charge in [0.1, 0.15) is 0 Å². The second kappa shape index (κ2) is 6.89. The van der Waals surface area contributed by atoms with E-state index >= 15 is 0 Å². The highest BCUT2D eigenvalue weighted by Gasteiger charge is 2.32. The molecule has 0 aliphatic carbocycles. The van der Waals surface area contributed by atoms with Gasteiger partial charge < -0.3 is 4.74 Å². The second-order valence-electron chi connectivity index (χ2n) is 5.72. The van der Waals surface area contributed by atoms with Crippen molar-refractivity contribution in [1.29, 1.82) is 0 Å². The van der Waals surface area contributed by atoms with Gasteiger partial charge in [0.25, 0.3) is 0 Å². The van der Waals surface area contributed by atoms with Crippen LogP contribution in [-0.2, 0) is 11.2 Å². The predicted octanol–water partition coefficient (Wildman–Crippen LogP) is 3.98. The van der Waals surface area contributed by atoms with Gasteiger partial charge in [-0.3, -0.25) is 4.68 Å². The van der Waals surface area contributed by atoms with Gasteiger partial charge in [-0.1, -0.05) is 29.8 Å². The third kappa shape index (κ3) is 3.60. The molecule has 0 saturated carbocycles. The first kappa shape index (κ1) is 15.0. The molecular formula is C15H25BrN2O. The van der Waals surface area contributed by atoms with Gasteiger partial charge in [-0.15, -0.1) is 0 Å². The summed E-state index contributed by atoms with van der Waals surface area (Å²) < 4.78 is 7.82. The van der Waals surface area contributed by atoms with E-state index < -0.39 is 0 Å². The van der Waals surface area contributed by atoms with Crippen LogP contribution in [0.25, 0.3) is 0 Å². The first-order valence-electron chi connectivity index (χ1n) is 7.41. The summed E-state index contributed by atoms with van der Waals surface area (Å²) >= 11 is 3.67. The molecule has 1 aromatic heterocycles. The molecule has 0 spiro atoms. The number of alkyl halides is 1. The van der Waals surface area contributed by atoms with Crippen LogP contribution in [0.4, 0.5) is 0 Å². The molecule has 3 nitrogen and oxygen atoms in total. The van der Waals surface area contributed by atoms with Crippen molar-refractivity contribution < 1.29 is 4.74 Å². The zero-order valence-corrected chi connectivity index (χ0v) is 13.7. The van der Waals surface area contributed by atoms with Crippen LogP contribution < -0.4 is 0 Å². The molecule has 1 atom stereocenters. The molecular weight excluding hydrogens is 304 g/mol. The Morgan fingerprint density at radius 3 is 2.84 bits per heavy atom. The van der Waals surface area contributed by atoms with E-state index in [0.717, 1.165) is 37.8 Å². The molecule has 0 aromatic carbocycles. The molecule has 0 bridgehead atoms. The van der Waals surface area contributed by atoms with Crippen LogP contribution in [0.2, 0.25) is 0 Å². The standard InChI is InChI=1S/C15H25BrN2O/c1-3-14(4-2)18-8-6-13(17-18)10-15(11-16)7-5-9-19-12-15/h6,8,14H,3-5,7,9-12H2,1-2H3. The van der Waals surface area contributed by atoms with E-state index in [9.17, 15) is 0 Å². The van der Waals surface area contributed by atoms with Gasteiger partial charge in [-0.2, -0.15) is 5.10 Å². The quantitative estimate of drug-likeness (QED) is 0.738. The van der Waals surface area contributed by atoms with Crippen LogP contribution in [0.1, 0.15) is 51.3 Å². The van der Waals surface area contributed by atoms with Crippen molar-refractivity contribution in [2.24, 2.45) is 5.41 Å². The molecule has 4 heteroatoms. The second-order valence-corrected chi connectivity index (χ2v) is 6.28. The molecule has 19 heavy (non-hydrogen) atoms. The van der Waals surface area contributed by atoms with Crippen molar-refractivity contribution in [2.45, 2.75) is 52.0 Å². The monoisotopic (exact) mass is 328 g/mol. The van der Waals surface area contributed by atoms with Gasteiger partial charge in [0.2, 0.25) is 0 Å². The molecule has 0 N–H and O–H groups in total. The number of ether oxygens (including phenoxy) is 1. The minimum absolute atomic E-state index is 0.241. The largest absolute Gasteiger partial charge is 0.381 e. The van der Waals surface area contributed by atoms with Crippen LogP contribution in [-0.4, -0.2) is 28.3 Å². The Hall–Kier alpha value is -0.350. The Kier molecular flexibility index (Phi) is 5.46. The molecule has 1 aromatic rings. The Morgan fingerprint density at radius 1 is 1.47 bits per heavy atom. The molecule has 108 valence electrons. The minimum atomic E-state index is 0.241. The summed E-state index contributed by atoms with van der Waals surface area (Å²) in [6, 6.07) is 2.72. The highest BCUT2D eigenvalue weighted by atomic mass is 79.9. The summed E-state index contributed by atoms with van der Waals surface area (Å²) in [4.78, 5) is 0. The van der Waals surface area contributed by atoms with Gasteiger partial charge in [0.15, 0.2) is 0 Å². The Labute approximate surface area is 124 Å². The summed E-state index contributed by atoms with van der Waals surface area (Å²) in [7, 11) is 0. The van der Waals surface area contributed by atoms with Crippen molar-refractivity contribution in [1.82, 2.24) is 9.78 Å². The Bertz CT molecular complexity index is 381. The number of aromatic nitrogens is 2. The van der Waals surface area contributed by atoms with Gasteiger partial charge >= 0.3 is 0 Å². The fourth-order valence-electron chi connectivity index (χ4n) is 2.92. The summed E-state index contributed by atoms with van der Waals surface area (Å²) in [6.45, 7) is 6.22. The zero-order chi connectivity index (χ0) is 13.7. The molecule has 2 heterocycles. The summed E-state index contributed by atoms with van der Waals surface area (Å²) in [5.74, 6) is 0. The van der Waals surface area contributed by atoms with Gasteiger partial charge in [-0.05, 0) is 31.7 Å². The average Bonchev–Trinajstić information content (AvgIpc) is 2.89. The van der Waals surface area contributed by atoms with Crippen LogP contribution in [0.15, 0.2) is 12.3 Å². The van der Waals surface area contributed by atoms with E-state index in [-0.39, 0.29) is 5.41 Å². The lowest BCUT2D eigenvalue weighted by atomic mass is 9.80. The first-order valence-corrected chi connectivity index (χ1v) is 8.53. The molecule has 0 radical (unpaired) electrons. The van der Waals surface area contributed by atoms with E-state index in [1.807, 2.05) is 0 Å². The Balaban J connectivity index is 2.05. The first-order chi connectivity index (χ1) is 9.23. The molecule has 1 unspecified atom stereocenters. The van der Waals surface area contributed by atoms with Crippen LogP contribution in [0.3, 0.4) is 0 Å². The molecule has 0 amide bonds. The van der Waals surface area contributed by atoms with E-state index in [4.69, 9.17) is 9.84 Å². The van der Waals surface area contributed by atoms with Crippen LogP contribution >= 0.6 is 15.9 Å². The third-order valence-electron chi connectivity index (χ3n) is 4.22. The van der Waals surface area contributed by atoms with Gasteiger partial charge in [-0.25, -0.2) is 0 Å². The topological polar surface area (TPSA) is 27.1 Å². The number of nitrogens with zero attached hydrogens (tertiary/aromatic N) is 2. The number of hydrogen-bond acceptors (Lipinski definition) is 2. The van der Waals surface area contributed by atoms with Crippen LogP contribution in [0, 0.1) is 5.41 Å². The summed E-state index contributed by atoms with van der Waals surface area (Å²) in [5, 5.41) is 5.78. The predicted molar refractivity (Wildman–Crippen MR) is 81.8 cm³/mol. The zero-order valence-electron chi connectivity index (χ0n) is 12.1. The fraction of sp³-hybridized carbons (Fsp3) is 0.800. The average molecular weight is 329 g/mol. The summed E-state index contributed by atoms with van der Waals surface area (Å²) in [6.07, 6.45) is 7.84. The normalized spacial score (nSPS) is 24.0. The maximum absolute atomic E-state index is 5.68. The highest BCUT2D eigenvalue weighted by Crippen LogP contribution is 2.34. The smallest absolute Gasteiger partial charge is 0.0631 e. The van der Waals surface area contributed by atoms with E-state index in [2.05, 4.69) is 46.7 Å². The molecule has 1 aliphatic heterocycles. The van der Waals surface area contributed by atoms with Crippen molar-refractivity contribution in [3.63, 3.8) is 0 Å². The Morgan fingerprint density at radius 2 is 2.26 bits per heavy atom. The van der Waals surface area contributed by atoms with Crippen molar-refractivity contribution in [3.05, 3.63) is 18.0 Å². The summed E-state index contributed by atoms with van der Waals surface area (Å²) in [5.41, 5.74) is 1.45. The number of hydrogen-bond donors (Lipinski definition) is 0. The van der Waals surface area contributed by atoms with Crippen molar-refractivity contribution >= 4 is 15.9 Å². The lowest BCUT2D eigenvalue weighted by Crippen LogP contribution is -2.35. The number of halogens is 1. The van der Waals surface area contributed by atoms with E-state index in [1.54, 1.807) is 0 Å². The van der Waals surface area contributed by atoms with Gasteiger partial charge in [0.05, 0.1) is 18.3 Å². The molecule has 1 saturated heterocycles. The highest BCUT2D eigenvalue weighted by molar-refractivity contribution is 9.09. The lowest BCUT2D eigenvalue weighted by molar-refractivity contribution is 0.00559. The molecule has 2 rings (SSSR count). The number of rotatable bonds is 6. The van der Waals surface area contributed by atoms with Gasteiger partial charge in [0, 0.05) is 30.0 Å². The maximum atomic E-state index is 5.68. The molecule has 1 fully saturated rings. The van der Waals surface area contributed by atoms with Crippen molar-refractivity contribution in [3.8, 4) is 0 Å². The van der Waals surface area contributed by atoms with E-state index in [0.29, 0.717) is 6.04 Å². The minimum Gasteiger partial charge on any atom is -0.381 e. The fourth-order valence-corrected chi connectivity index (χ4v) is 3.56. The van der Waals surface area contributed by atoms with Crippen molar-refractivity contribution in [2.75, 3.05) is 18.5 Å². The lowest BCUT2D eigenvalue weighted by Gasteiger charge is -2.35. The maximum Gasteiger partial charge on any atom is 0.0631 e.